The van der Waals surface area contributed by atoms with Crippen molar-refractivity contribution < 1.29 is 52.4 Å². The number of likely N-dealkylation sites (N-methyl/N-ethyl adjacent to an activating group) is 1. The van der Waals surface area contributed by atoms with Crippen molar-refractivity contribution in [1.29, 1.82) is 0 Å². The first kappa shape index (κ1) is 41.3. The first-order chi connectivity index (χ1) is 24.3. The molecule has 52 heavy (non-hydrogen) atoms. The van der Waals surface area contributed by atoms with Crippen LogP contribution in [0.3, 0.4) is 0 Å². The minimum absolute atomic E-state index is 0.0711. The molecule has 3 aliphatic rings. The number of esters is 2. The Kier molecular flexibility index (Phi) is 13.0. The number of hydrogen-bond donors (Lipinski definition) is 1. The average Bonchev–Trinajstić information content (AvgIpc) is 3.35. The Morgan fingerprint density at radius 1 is 1.00 bits per heavy atom. The molecule has 1 aromatic rings. The molecule has 3 saturated heterocycles. The van der Waals surface area contributed by atoms with Gasteiger partial charge in [-0.05, 0) is 73.2 Å². The Balaban J connectivity index is 1.80. The molecule has 0 unspecified atom stereocenters. The molecule has 14 nitrogen and oxygen atoms in total. The molecule has 1 amide bonds. The first-order valence-corrected chi connectivity index (χ1v) is 18.1. The summed E-state index contributed by atoms with van der Waals surface area (Å²) in [6.45, 7) is 13.5. The SMILES string of the molecule is CC[C@@H]1OC(=O)[C@H](C)C(=O)[C@H](C)[C@@H](O[C@@H]2O[C@H](C)C[C@H](N(C)C)[C@H]2OC(=O)c2ccccc2)[C@](C)(OC)C[C@@H](C)C(=O)[C@H](C)[C@H]2N(N)C(=O)O[C@]12C. The van der Waals surface area contributed by atoms with E-state index in [0.29, 0.717) is 12.0 Å². The predicted molar refractivity (Wildman–Crippen MR) is 189 cm³/mol. The molecule has 0 aromatic heterocycles. The molecule has 13 atom stereocenters. The van der Waals surface area contributed by atoms with Gasteiger partial charge in [-0.1, -0.05) is 45.9 Å². The standard InChI is InChI=1S/C38H57N3O11/c1-12-27-38(8)31(41(39)36(46)52-38)22(4)28(42)20(2)19-37(7,47-11)32(23(5)29(43)24(6)33(44)49-27)51-35-30(26(40(9)10)18-21(3)48-35)50-34(45)25-16-14-13-15-17-25/h13-17,20-24,26-27,30-32,35H,12,18-19,39H2,1-11H3/t20-,21-,22+,23+,24-,26+,27+,30-,31-,32-,35+,37-,38-/m1/s1. The number of cyclic esters (lactones) is 1. The van der Waals surface area contributed by atoms with Gasteiger partial charge in [0.25, 0.3) is 0 Å². The monoisotopic (exact) mass is 731 g/mol. The molecule has 3 aliphatic heterocycles. The average molecular weight is 732 g/mol. The second-order valence-corrected chi connectivity index (χ2v) is 15.3. The van der Waals surface area contributed by atoms with Gasteiger partial charge >= 0.3 is 18.0 Å². The summed E-state index contributed by atoms with van der Waals surface area (Å²) >= 11 is 0. The van der Waals surface area contributed by atoms with Crippen LogP contribution in [0, 0.1) is 23.7 Å². The van der Waals surface area contributed by atoms with Gasteiger partial charge < -0.3 is 33.3 Å². The van der Waals surface area contributed by atoms with E-state index < -0.39 is 89.3 Å². The van der Waals surface area contributed by atoms with Crippen LogP contribution >= 0.6 is 0 Å². The Morgan fingerprint density at radius 2 is 1.63 bits per heavy atom. The van der Waals surface area contributed by atoms with Crippen molar-refractivity contribution in [2.24, 2.45) is 29.5 Å². The Bertz CT molecular complexity index is 1470. The number of ether oxygens (including phenoxy) is 6. The van der Waals surface area contributed by atoms with Crippen molar-refractivity contribution in [2.45, 2.75) is 129 Å². The van der Waals surface area contributed by atoms with Gasteiger partial charge in [0.1, 0.15) is 23.8 Å². The summed E-state index contributed by atoms with van der Waals surface area (Å²) < 4.78 is 37.1. The van der Waals surface area contributed by atoms with Crippen LogP contribution in [0.5, 0.6) is 0 Å². The number of nitrogens with two attached hydrogens (primary N) is 1. The third kappa shape index (κ3) is 8.06. The van der Waals surface area contributed by atoms with Crippen LogP contribution in [-0.2, 0) is 42.8 Å². The number of benzene rings is 1. The number of nitrogens with zero attached hydrogens (tertiary/aromatic N) is 2. The lowest BCUT2D eigenvalue weighted by Gasteiger charge is -2.47. The summed E-state index contributed by atoms with van der Waals surface area (Å²) in [5, 5.41) is 0.884. The van der Waals surface area contributed by atoms with Crippen LogP contribution in [0.2, 0.25) is 0 Å². The predicted octanol–water partition coefficient (Wildman–Crippen LogP) is 3.93. The van der Waals surface area contributed by atoms with E-state index in [9.17, 15) is 24.0 Å². The van der Waals surface area contributed by atoms with E-state index in [-0.39, 0.29) is 30.8 Å². The fourth-order valence-corrected chi connectivity index (χ4v) is 8.29. The van der Waals surface area contributed by atoms with Crippen LogP contribution < -0.4 is 5.84 Å². The van der Waals surface area contributed by atoms with Crippen LogP contribution in [-0.4, -0.2) is 115 Å². The normalized spacial score (nSPS) is 39.4. The van der Waals surface area contributed by atoms with Crippen LogP contribution in [0.15, 0.2) is 30.3 Å². The molecule has 0 bridgehead atoms. The zero-order chi connectivity index (χ0) is 38.9. The molecule has 3 heterocycles. The van der Waals surface area contributed by atoms with Crippen molar-refractivity contribution in [3.8, 4) is 0 Å². The molecule has 14 heteroatoms. The van der Waals surface area contributed by atoms with Gasteiger partial charge in [0.05, 0.1) is 29.4 Å². The lowest BCUT2D eigenvalue weighted by atomic mass is 9.73. The van der Waals surface area contributed by atoms with E-state index in [1.165, 1.54) is 14.0 Å². The minimum atomic E-state index is -1.48. The molecule has 1 aromatic carbocycles. The third-order valence-electron chi connectivity index (χ3n) is 11.3. The molecule has 3 fully saturated rings. The highest BCUT2D eigenvalue weighted by Gasteiger charge is 2.60. The number of ketones is 2. The van der Waals surface area contributed by atoms with Gasteiger partial charge in [-0.2, -0.15) is 0 Å². The number of hydrazine groups is 1. The summed E-state index contributed by atoms with van der Waals surface area (Å²) in [5.41, 5.74) is -2.46. The van der Waals surface area contributed by atoms with Crippen LogP contribution in [0.1, 0.15) is 85.0 Å². The van der Waals surface area contributed by atoms with Gasteiger partial charge in [-0.25, -0.2) is 20.4 Å². The number of fused-ring (bicyclic) bond motifs is 1. The highest BCUT2D eigenvalue weighted by molar-refractivity contribution is 6.00. The van der Waals surface area contributed by atoms with Crippen LogP contribution in [0.4, 0.5) is 4.79 Å². The number of hydrogen-bond acceptors (Lipinski definition) is 13. The molecule has 290 valence electrons. The zero-order valence-corrected chi connectivity index (χ0v) is 32.3. The Hall–Kier alpha value is -3.43. The lowest BCUT2D eigenvalue weighted by molar-refractivity contribution is -0.294. The van der Waals surface area contributed by atoms with Crippen molar-refractivity contribution >= 4 is 29.6 Å². The maximum absolute atomic E-state index is 14.3. The quantitative estimate of drug-likeness (QED) is 0.141. The topological polar surface area (TPSA) is 173 Å². The highest BCUT2D eigenvalue weighted by Crippen LogP contribution is 2.42. The van der Waals surface area contributed by atoms with Crippen molar-refractivity contribution in [1.82, 2.24) is 9.91 Å². The van der Waals surface area contributed by atoms with E-state index in [4.69, 9.17) is 34.3 Å². The molecule has 2 N–H and O–H groups in total. The highest BCUT2D eigenvalue weighted by atomic mass is 16.7. The van der Waals surface area contributed by atoms with Gasteiger partial charge in [-0.15, -0.1) is 0 Å². The molecule has 0 saturated carbocycles. The minimum Gasteiger partial charge on any atom is -0.458 e. The molecule has 4 rings (SSSR count). The van der Waals surface area contributed by atoms with E-state index in [2.05, 4.69) is 0 Å². The second kappa shape index (κ2) is 16.3. The number of carbonyl (C=O) groups is 5. The molecule has 0 spiro atoms. The number of amides is 1. The summed E-state index contributed by atoms with van der Waals surface area (Å²) in [6, 6.07) is 7.26. The fourth-order valence-electron chi connectivity index (χ4n) is 8.29. The van der Waals surface area contributed by atoms with Gasteiger partial charge in [0.2, 0.25) is 0 Å². The largest absolute Gasteiger partial charge is 0.458 e. The van der Waals surface area contributed by atoms with Gasteiger partial charge in [0, 0.05) is 24.9 Å². The van der Waals surface area contributed by atoms with Crippen molar-refractivity contribution in [2.75, 3.05) is 21.2 Å². The van der Waals surface area contributed by atoms with Gasteiger partial charge in [-0.3, -0.25) is 14.4 Å². The first-order valence-electron chi connectivity index (χ1n) is 18.1. The smallest absolute Gasteiger partial charge is 0.425 e. The molecular formula is C38H57N3O11. The summed E-state index contributed by atoms with van der Waals surface area (Å²) in [6.07, 6.45) is -4.60. The summed E-state index contributed by atoms with van der Waals surface area (Å²) in [7, 11) is 5.21. The Morgan fingerprint density at radius 3 is 2.21 bits per heavy atom. The maximum Gasteiger partial charge on any atom is 0.425 e. The van der Waals surface area contributed by atoms with E-state index >= 15 is 0 Å². The zero-order valence-electron chi connectivity index (χ0n) is 32.3. The summed E-state index contributed by atoms with van der Waals surface area (Å²) in [5.74, 6) is 0.240. The number of carbonyl (C=O) groups excluding carboxylic acids is 5. The van der Waals surface area contributed by atoms with Crippen molar-refractivity contribution in [3.05, 3.63) is 35.9 Å². The van der Waals surface area contributed by atoms with Crippen LogP contribution in [0.25, 0.3) is 0 Å². The number of Topliss-reactive ketones (excluding diaryl/α,β-unsaturated/α-hetero) is 2. The Labute approximate surface area is 306 Å². The van der Waals surface area contributed by atoms with E-state index in [1.807, 2.05) is 25.9 Å². The van der Waals surface area contributed by atoms with E-state index in [1.54, 1.807) is 71.9 Å². The van der Waals surface area contributed by atoms with E-state index in [0.717, 1.165) is 5.01 Å². The molecular weight excluding hydrogens is 674 g/mol. The van der Waals surface area contributed by atoms with Crippen molar-refractivity contribution in [3.63, 3.8) is 0 Å². The molecule has 0 radical (unpaired) electrons. The second-order valence-electron chi connectivity index (χ2n) is 15.3. The maximum atomic E-state index is 14.3. The number of methoxy groups -OCH3 is 1. The molecule has 0 aliphatic carbocycles. The number of rotatable bonds is 7. The fraction of sp³-hybridized carbons (Fsp3) is 0.711. The lowest BCUT2D eigenvalue weighted by Crippen LogP contribution is -2.61. The summed E-state index contributed by atoms with van der Waals surface area (Å²) in [4.78, 5) is 70.6. The van der Waals surface area contributed by atoms with Gasteiger partial charge in [0.15, 0.2) is 23.8 Å². The third-order valence-corrected chi connectivity index (χ3v) is 11.3.